The molecule has 1 aliphatic rings. The SMILES string of the molecule is O=CC1CCC(n2c(O)ccc2O)CC1. The lowest BCUT2D eigenvalue weighted by molar-refractivity contribution is -0.112. The number of rotatable bonds is 2. The number of aldehydes is 1. The zero-order chi connectivity index (χ0) is 10.8. The molecule has 0 unspecified atom stereocenters. The van der Waals surface area contributed by atoms with Gasteiger partial charge in [0.05, 0.1) is 0 Å². The van der Waals surface area contributed by atoms with Crippen molar-refractivity contribution >= 4 is 6.29 Å². The summed E-state index contributed by atoms with van der Waals surface area (Å²) in [5, 5.41) is 19.1. The molecule has 0 aliphatic heterocycles. The maximum absolute atomic E-state index is 10.6. The maximum Gasteiger partial charge on any atom is 0.194 e. The summed E-state index contributed by atoms with van der Waals surface area (Å²) in [5.74, 6) is 0.352. The van der Waals surface area contributed by atoms with E-state index < -0.39 is 0 Å². The van der Waals surface area contributed by atoms with Gasteiger partial charge in [0.25, 0.3) is 0 Å². The normalized spacial score (nSPS) is 26.4. The summed E-state index contributed by atoms with van der Waals surface area (Å²) in [6.45, 7) is 0. The molecule has 0 saturated heterocycles. The molecule has 4 heteroatoms. The van der Waals surface area contributed by atoms with Crippen molar-refractivity contribution in [2.75, 3.05) is 0 Å². The van der Waals surface area contributed by atoms with Gasteiger partial charge in [-0.3, -0.25) is 4.57 Å². The van der Waals surface area contributed by atoms with Crippen LogP contribution in [0.25, 0.3) is 0 Å². The Kier molecular flexibility index (Phi) is 2.66. The second-order valence-corrected chi connectivity index (χ2v) is 4.12. The zero-order valence-corrected chi connectivity index (χ0v) is 8.47. The largest absolute Gasteiger partial charge is 0.494 e. The molecule has 0 amide bonds. The van der Waals surface area contributed by atoms with Crippen molar-refractivity contribution in [3.05, 3.63) is 12.1 Å². The van der Waals surface area contributed by atoms with E-state index in [4.69, 9.17) is 0 Å². The van der Waals surface area contributed by atoms with Gasteiger partial charge in [-0.05, 0) is 25.7 Å². The van der Waals surface area contributed by atoms with Gasteiger partial charge in [-0.2, -0.15) is 0 Å². The second-order valence-electron chi connectivity index (χ2n) is 4.12. The molecule has 2 rings (SSSR count). The molecule has 1 saturated carbocycles. The molecule has 1 aromatic rings. The molecule has 0 aromatic carbocycles. The first-order chi connectivity index (χ1) is 7.22. The highest BCUT2D eigenvalue weighted by Crippen LogP contribution is 2.37. The van der Waals surface area contributed by atoms with Crippen LogP contribution in [0.5, 0.6) is 11.8 Å². The molecule has 1 heterocycles. The van der Waals surface area contributed by atoms with Gasteiger partial charge >= 0.3 is 0 Å². The predicted octanol–water partition coefficient (Wildman–Crippen LogP) is 1.83. The Morgan fingerprint density at radius 1 is 1.13 bits per heavy atom. The van der Waals surface area contributed by atoms with E-state index in [1.165, 1.54) is 12.1 Å². The van der Waals surface area contributed by atoms with Crippen LogP contribution < -0.4 is 0 Å². The van der Waals surface area contributed by atoms with Crippen molar-refractivity contribution < 1.29 is 15.0 Å². The molecule has 1 aliphatic carbocycles. The molecular formula is C11H15NO3. The summed E-state index contributed by atoms with van der Waals surface area (Å²) in [6.07, 6.45) is 4.35. The quantitative estimate of drug-likeness (QED) is 0.730. The molecule has 82 valence electrons. The van der Waals surface area contributed by atoms with E-state index >= 15 is 0 Å². The predicted molar refractivity (Wildman–Crippen MR) is 54.8 cm³/mol. The van der Waals surface area contributed by atoms with Gasteiger partial charge in [0.15, 0.2) is 11.8 Å². The highest BCUT2D eigenvalue weighted by atomic mass is 16.3. The average Bonchev–Trinajstić information content (AvgIpc) is 2.59. The van der Waals surface area contributed by atoms with Crippen molar-refractivity contribution in [2.24, 2.45) is 5.92 Å². The standard InChI is InChI=1S/C11H15NO3/c13-7-8-1-3-9(4-2-8)12-10(14)5-6-11(12)15/h5-9,14-15H,1-4H2. The van der Waals surface area contributed by atoms with Crippen LogP contribution in [0.3, 0.4) is 0 Å². The molecule has 0 radical (unpaired) electrons. The minimum Gasteiger partial charge on any atom is -0.494 e. The van der Waals surface area contributed by atoms with Gasteiger partial charge in [0.2, 0.25) is 0 Å². The van der Waals surface area contributed by atoms with Gasteiger partial charge in [-0.25, -0.2) is 0 Å². The van der Waals surface area contributed by atoms with Gasteiger partial charge in [-0.15, -0.1) is 0 Å². The minimum atomic E-state index is 0.0991. The monoisotopic (exact) mass is 209 g/mol. The molecule has 1 aromatic heterocycles. The Morgan fingerprint density at radius 2 is 1.67 bits per heavy atom. The van der Waals surface area contributed by atoms with Crippen LogP contribution in [0.1, 0.15) is 31.7 Å². The lowest BCUT2D eigenvalue weighted by Crippen LogP contribution is -2.18. The summed E-state index contributed by atoms with van der Waals surface area (Å²) in [5.41, 5.74) is 0. The topological polar surface area (TPSA) is 62.5 Å². The smallest absolute Gasteiger partial charge is 0.194 e. The van der Waals surface area contributed by atoms with E-state index in [-0.39, 0.29) is 23.7 Å². The van der Waals surface area contributed by atoms with Crippen LogP contribution in [0.4, 0.5) is 0 Å². The number of hydrogen-bond acceptors (Lipinski definition) is 3. The van der Waals surface area contributed by atoms with Crippen molar-refractivity contribution in [1.29, 1.82) is 0 Å². The van der Waals surface area contributed by atoms with Crippen LogP contribution >= 0.6 is 0 Å². The van der Waals surface area contributed by atoms with Gasteiger partial charge < -0.3 is 15.0 Å². The van der Waals surface area contributed by atoms with Gasteiger partial charge in [0.1, 0.15) is 6.29 Å². The summed E-state index contributed by atoms with van der Waals surface area (Å²) in [7, 11) is 0. The van der Waals surface area contributed by atoms with Gasteiger partial charge in [-0.1, -0.05) is 0 Å². The lowest BCUT2D eigenvalue weighted by Gasteiger charge is -2.27. The Labute approximate surface area is 88.1 Å². The molecule has 0 spiro atoms. The number of nitrogens with zero attached hydrogens (tertiary/aromatic N) is 1. The van der Waals surface area contributed by atoms with E-state index in [0.717, 1.165) is 32.0 Å². The Hall–Kier alpha value is -1.45. The lowest BCUT2D eigenvalue weighted by atomic mass is 9.87. The van der Waals surface area contributed by atoms with Crippen LogP contribution in [0.2, 0.25) is 0 Å². The molecule has 2 N–H and O–H groups in total. The third-order valence-corrected chi connectivity index (χ3v) is 3.17. The van der Waals surface area contributed by atoms with E-state index in [0.29, 0.717) is 0 Å². The fourth-order valence-electron chi connectivity index (χ4n) is 2.30. The fourth-order valence-corrected chi connectivity index (χ4v) is 2.30. The number of hydrogen-bond donors (Lipinski definition) is 2. The first-order valence-corrected chi connectivity index (χ1v) is 5.27. The highest BCUT2D eigenvalue weighted by Gasteiger charge is 2.24. The second kappa shape index (κ2) is 3.96. The van der Waals surface area contributed by atoms with E-state index in [1.807, 2.05) is 0 Å². The Morgan fingerprint density at radius 3 is 2.13 bits per heavy atom. The molecule has 15 heavy (non-hydrogen) atoms. The molecule has 0 atom stereocenters. The van der Waals surface area contributed by atoms with E-state index in [1.54, 1.807) is 4.57 Å². The third-order valence-electron chi connectivity index (χ3n) is 3.17. The third kappa shape index (κ3) is 1.84. The number of aromatic nitrogens is 1. The van der Waals surface area contributed by atoms with Crippen LogP contribution in [0.15, 0.2) is 12.1 Å². The van der Waals surface area contributed by atoms with Crippen molar-refractivity contribution in [3.63, 3.8) is 0 Å². The first kappa shape index (κ1) is 10.1. The summed E-state index contributed by atoms with van der Waals surface area (Å²) < 4.78 is 1.54. The number of carbonyl (C=O) groups excluding carboxylic acids is 1. The summed E-state index contributed by atoms with van der Waals surface area (Å²) in [4.78, 5) is 10.6. The van der Waals surface area contributed by atoms with E-state index in [2.05, 4.69) is 0 Å². The van der Waals surface area contributed by atoms with Crippen molar-refractivity contribution in [1.82, 2.24) is 4.57 Å². The Bertz CT molecular complexity index is 331. The van der Waals surface area contributed by atoms with Gasteiger partial charge in [0, 0.05) is 24.1 Å². The Balaban J connectivity index is 2.10. The maximum atomic E-state index is 10.6. The fraction of sp³-hybridized carbons (Fsp3) is 0.545. The van der Waals surface area contributed by atoms with Crippen LogP contribution in [-0.4, -0.2) is 21.1 Å². The van der Waals surface area contributed by atoms with Crippen LogP contribution in [-0.2, 0) is 4.79 Å². The molecule has 4 nitrogen and oxygen atoms in total. The first-order valence-electron chi connectivity index (χ1n) is 5.27. The number of carbonyl (C=O) groups is 1. The number of aromatic hydroxyl groups is 2. The summed E-state index contributed by atoms with van der Waals surface area (Å²) >= 11 is 0. The molecule has 0 bridgehead atoms. The average molecular weight is 209 g/mol. The summed E-state index contributed by atoms with van der Waals surface area (Å²) in [6, 6.07) is 3.10. The highest BCUT2D eigenvalue weighted by molar-refractivity contribution is 5.53. The minimum absolute atomic E-state index is 0.0991. The molecular weight excluding hydrogens is 194 g/mol. The van der Waals surface area contributed by atoms with Crippen molar-refractivity contribution in [2.45, 2.75) is 31.7 Å². The van der Waals surface area contributed by atoms with Crippen molar-refractivity contribution in [3.8, 4) is 11.8 Å². The van der Waals surface area contributed by atoms with Crippen LogP contribution in [0, 0.1) is 5.92 Å². The molecule has 1 fully saturated rings. The zero-order valence-electron chi connectivity index (χ0n) is 8.47. The van der Waals surface area contributed by atoms with E-state index in [9.17, 15) is 15.0 Å².